The van der Waals surface area contributed by atoms with Gasteiger partial charge in [0.2, 0.25) is 0 Å². The largest absolute Gasteiger partial charge is 0.496 e. The van der Waals surface area contributed by atoms with Crippen molar-refractivity contribution in [2.75, 3.05) is 20.2 Å². The fourth-order valence-corrected chi connectivity index (χ4v) is 3.35. The van der Waals surface area contributed by atoms with Crippen LogP contribution in [0.4, 0.5) is 0 Å². The molecule has 6 nitrogen and oxygen atoms in total. The van der Waals surface area contributed by atoms with Crippen molar-refractivity contribution in [1.29, 1.82) is 0 Å². The van der Waals surface area contributed by atoms with Crippen LogP contribution >= 0.6 is 0 Å². The second-order valence-electron chi connectivity index (χ2n) is 6.18. The number of rotatable bonds is 4. The molecule has 0 atom stereocenters. The van der Waals surface area contributed by atoms with Gasteiger partial charge in [-0.15, -0.1) is 0 Å². The maximum absolute atomic E-state index is 13.0. The molecule has 2 heterocycles. The average molecular weight is 343 g/mol. The van der Waals surface area contributed by atoms with Crippen LogP contribution in [0, 0.1) is 6.92 Å². The highest BCUT2D eigenvalue weighted by Crippen LogP contribution is 2.27. The number of carbonyl (C=O) groups excluding carboxylic acids is 1. The lowest BCUT2D eigenvalue weighted by molar-refractivity contribution is -0.136. The van der Waals surface area contributed by atoms with Gasteiger partial charge in [-0.25, -0.2) is 0 Å². The molecule has 1 aliphatic rings. The van der Waals surface area contributed by atoms with Gasteiger partial charge in [-0.2, -0.15) is 0 Å². The second-order valence-corrected chi connectivity index (χ2v) is 6.18. The van der Waals surface area contributed by atoms with Crippen LogP contribution in [0.15, 0.2) is 28.9 Å². The lowest BCUT2D eigenvalue weighted by atomic mass is 10.0. The third-order valence-corrected chi connectivity index (χ3v) is 4.60. The van der Waals surface area contributed by atoms with E-state index in [1.165, 1.54) is 11.8 Å². The van der Waals surface area contributed by atoms with Crippen LogP contribution in [0.2, 0.25) is 0 Å². The highest BCUT2D eigenvalue weighted by atomic mass is 16.5. The summed E-state index contributed by atoms with van der Waals surface area (Å²) in [6, 6.07) is 5.95. The summed E-state index contributed by atoms with van der Waals surface area (Å²) in [6.45, 7) is 2.90. The molecule has 0 bridgehead atoms. The molecule has 6 heteroatoms. The number of benzene rings is 1. The molecular weight excluding hydrogens is 322 g/mol. The summed E-state index contributed by atoms with van der Waals surface area (Å²) in [5.41, 5.74) is 3.36. The van der Waals surface area contributed by atoms with Gasteiger partial charge in [-0.3, -0.25) is 9.59 Å². The minimum atomic E-state index is -1.02. The Balaban J connectivity index is 1.84. The van der Waals surface area contributed by atoms with Crippen LogP contribution < -0.4 is 4.74 Å². The number of carboxylic acids is 1. The zero-order valence-corrected chi connectivity index (χ0v) is 14.4. The summed E-state index contributed by atoms with van der Waals surface area (Å²) in [4.78, 5) is 25.8. The van der Waals surface area contributed by atoms with Crippen molar-refractivity contribution >= 4 is 11.9 Å². The number of aliphatic carboxylic acids is 1. The lowest BCUT2D eigenvalue weighted by Gasteiger charge is -2.20. The number of hydrogen-bond donors (Lipinski definition) is 1. The minimum absolute atomic E-state index is 0.172. The molecule has 1 amide bonds. The van der Waals surface area contributed by atoms with E-state index in [0.29, 0.717) is 30.6 Å². The van der Waals surface area contributed by atoms with E-state index in [0.717, 1.165) is 17.7 Å². The standard InChI is InChI=1S/C19H21NO5/c1-12-11-25-16(10-17(21)22)18(12)19(23)20-8-6-13-4-3-5-15(24-2)14(13)7-9-20/h3-5,11H,6-10H2,1-2H3,(H,21,22). The van der Waals surface area contributed by atoms with Crippen molar-refractivity contribution in [3.05, 3.63) is 52.5 Å². The van der Waals surface area contributed by atoms with Gasteiger partial charge in [0.15, 0.2) is 0 Å². The van der Waals surface area contributed by atoms with E-state index in [-0.39, 0.29) is 18.1 Å². The molecule has 0 saturated heterocycles. The van der Waals surface area contributed by atoms with E-state index in [1.54, 1.807) is 18.9 Å². The van der Waals surface area contributed by atoms with Crippen LogP contribution in [-0.4, -0.2) is 42.1 Å². The fraction of sp³-hybridized carbons (Fsp3) is 0.368. The smallest absolute Gasteiger partial charge is 0.311 e. The summed E-state index contributed by atoms with van der Waals surface area (Å²) in [5.74, 6) is -0.127. The predicted molar refractivity (Wildman–Crippen MR) is 91.1 cm³/mol. The Labute approximate surface area is 146 Å². The number of carbonyl (C=O) groups is 2. The number of amides is 1. The van der Waals surface area contributed by atoms with Gasteiger partial charge < -0.3 is 19.2 Å². The lowest BCUT2D eigenvalue weighted by Crippen LogP contribution is -2.34. The molecule has 1 aromatic heterocycles. The third-order valence-electron chi connectivity index (χ3n) is 4.60. The number of hydrogen-bond acceptors (Lipinski definition) is 4. The molecule has 0 fully saturated rings. The van der Waals surface area contributed by atoms with Crippen LogP contribution in [0.25, 0.3) is 0 Å². The quantitative estimate of drug-likeness (QED) is 0.922. The van der Waals surface area contributed by atoms with Gasteiger partial charge in [0, 0.05) is 18.7 Å². The maximum Gasteiger partial charge on any atom is 0.311 e. The molecule has 3 rings (SSSR count). The van der Waals surface area contributed by atoms with Crippen molar-refractivity contribution < 1.29 is 23.8 Å². The summed E-state index contributed by atoms with van der Waals surface area (Å²) in [5, 5.41) is 9.01. The number of aryl methyl sites for hydroxylation is 1. The Hall–Kier alpha value is -2.76. The molecule has 0 radical (unpaired) electrons. The van der Waals surface area contributed by atoms with E-state index in [9.17, 15) is 9.59 Å². The summed E-state index contributed by atoms with van der Waals surface area (Å²) in [7, 11) is 1.65. The molecule has 1 N–H and O–H groups in total. The number of methoxy groups -OCH3 is 1. The number of ether oxygens (including phenoxy) is 1. The van der Waals surface area contributed by atoms with E-state index >= 15 is 0 Å². The normalized spacial score (nSPS) is 13.9. The molecule has 1 aliphatic heterocycles. The SMILES string of the molecule is COc1cccc2c1CCN(C(=O)c1c(C)coc1CC(=O)O)CC2. The van der Waals surface area contributed by atoms with Crippen molar-refractivity contribution in [3.63, 3.8) is 0 Å². The minimum Gasteiger partial charge on any atom is -0.496 e. The van der Waals surface area contributed by atoms with Crippen molar-refractivity contribution in [2.45, 2.75) is 26.2 Å². The van der Waals surface area contributed by atoms with E-state index in [4.69, 9.17) is 14.3 Å². The van der Waals surface area contributed by atoms with E-state index < -0.39 is 5.97 Å². The third kappa shape index (κ3) is 3.38. The highest BCUT2D eigenvalue weighted by molar-refractivity contribution is 5.97. The molecule has 0 unspecified atom stereocenters. The van der Waals surface area contributed by atoms with Crippen LogP contribution in [0.5, 0.6) is 5.75 Å². The summed E-state index contributed by atoms with van der Waals surface area (Å²) < 4.78 is 10.7. The Morgan fingerprint density at radius 2 is 2.04 bits per heavy atom. The van der Waals surface area contributed by atoms with Gasteiger partial charge in [0.25, 0.3) is 5.91 Å². The predicted octanol–water partition coefficient (Wildman–Crippen LogP) is 2.46. The topological polar surface area (TPSA) is 80.0 Å². The fourth-order valence-electron chi connectivity index (χ4n) is 3.35. The maximum atomic E-state index is 13.0. The Kier molecular flexibility index (Phi) is 4.79. The number of fused-ring (bicyclic) bond motifs is 1. The molecule has 1 aromatic carbocycles. The molecule has 0 saturated carbocycles. The monoisotopic (exact) mass is 343 g/mol. The molecule has 0 spiro atoms. The highest BCUT2D eigenvalue weighted by Gasteiger charge is 2.27. The Morgan fingerprint density at radius 3 is 2.76 bits per heavy atom. The zero-order valence-electron chi connectivity index (χ0n) is 14.4. The van der Waals surface area contributed by atoms with Gasteiger partial charge in [0.05, 0.1) is 18.9 Å². The van der Waals surface area contributed by atoms with Crippen molar-refractivity contribution in [3.8, 4) is 5.75 Å². The molecule has 25 heavy (non-hydrogen) atoms. The molecule has 2 aromatic rings. The van der Waals surface area contributed by atoms with Crippen LogP contribution in [-0.2, 0) is 24.1 Å². The summed E-state index contributed by atoms with van der Waals surface area (Å²) >= 11 is 0. The van der Waals surface area contributed by atoms with Gasteiger partial charge in [0.1, 0.15) is 17.9 Å². The van der Waals surface area contributed by atoms with Crippen molar-refractivity contribution in [1.82, 2.24) is 4.90 Å². The number of nitrogens with zero attached hydrogens (tertiary/aromatic N) is 1. The first-order valence-corrected chi connectivity index (χ1v) is 8.24. The van der Waals surface area contributed by atoms with Gasteiger partial charge >= 0.3 is 5.97 Å². The average Bonchev–Trinajstić information content (AvgIpc) is 2.81. The van der Waals surface area contributed by atoms with Gasteiger partial charge in [-0.1, -0.05) is 12.1 Å². The first-order valence-electron chi connectivity index (χ1n) is 8.24. The number of furan rings is 1. The zero-order chi connectivity index (χ0) is 18.0. The number of carboxylic acid groups (broad SMARTS) is 1. The Morgan fingerprint density at radius 1 is 1.28 bits per heavy atom. The second kappa shape index (κ2) is 7.01. The van der Waals surface area contributed by atoms with Crippen LogP contribution in [0.3, 0.4) is 0 Å². The first-order chi connectivity index (χ1) is 12.0. The Bertz CT molecular complexity index is 808. The van der Waals surface area contributed by atoms with Gasteiger partial charge in [-0.05, 0) is 37.0 Å². The molecule has 0 aliphatic carbocycles. The van der Waals surface area contributed by atoms with Crippen molar-refractivity contribution in [2.24, 2.45) is 0 Å². The summed E-state index contributed by atoms with van der Waals surface area (Å²) in [6.07, 6.45) is 2.59. The molecule has 132 valence electrons. The molecular formula is C19H21NO5. The van der Waals surface area contributed by atoms with E-state index in [2.05, 4.69) is 6.07 Å². The van der Waals surface area contributed by atoms with E-state index in [1.807, 2.05) is 12.1 Å². The first kappa shape index (κ1) is 17.1. The van der Waals surface area contributed by atoms with Crippen LogP contribution in [0.1, 0.15) is 32.8 Å².